The average Bonchev–Trinajstić information content (AvgIpc) is 2.15. The highest BCUT2D eigenvalue weighted by Crippen LogP contribution is 2.68. The van der Waals surface area contributed by atoms with E-state index in [2.05, 4.69) is 4.98 Å². The van der Waals surface area contributed by atoms with Crippen molar-refractivity contribution in [2.75, 3.05) is 0 Å². The van der Waals surface area contributed by atoms with Gasteiger partial charge in [-0.2, -0.15) is 0 Å². The first-order valence-electron chi connectivity index (χ1n) is 4.30. The fraction of sp³-hybridized carbons (Fsp3) is 0.286. The van der Waals surface area contributed by atoms with E-state index in [0.29, 0.717) is 0 Å². The van der Waals surface area contributed by atoms with Gasteiger partial charge in [0.2, 0.25) is 0 Å². The monoisotopic (exact) mass is 337 g/mol. The van der Waals surface area contributed by atoms with Gasteiger partial charge in [-0.3, -0.25) is 14.1 Å². The molecule has 0 spiro atoms. The molecule has 0 aliphatic rings. The van der Waals surface area contributed by atoms with Crippen molar-refractivity contribution in [2.24, 2.45) is 0 Å². The zero-order valence-corrected chi connectivity index (χ0v) is 11.7. The Bertz CT molecular complexity index is 460. The molecule has 1 heterocycles. The molecule has 11 N–H and O–H groups in total. The third-order valence-corrected chi connectivity index (χ3v) is 5.84. The molecular formula is C7H17NO10P2. The van der Waals surface area contributed by atoms with Crippen molar-refractivity contribution in [3.8, 4) is 0 Å². The molecule has 1 aromatic rings. The number of pyridine rings is 1. The molecule has 0 aliphatic heterocycles. The number of hydrogen-bond donors (Lipinski definition) is 5. The second kappa shape index (κ2) is 7.91. The normalized spacial score (nSPS) is 11.7. The molecule has 0 amide bonds. The second-order valence-electron chi connectivity index (χ2n) is 3.40. The molecule has 11 nitrogen and oxygen atoms in total. The van der Waals surface area contributed by atoms with Gasteiger partial charge in [-0.15, -0.1) is 0 Å². The number of aromatic nitrogens is 1. The lowest BCUT2D eigenvalue weighted by molar-refractivity contribution is 0.131. The quantitative estimate of drug-likeness (QED) is 0.357. The molecule has 20 heavy (non-hydrogen) atoms. The van der Waals surface area contributed by atoms with Crippen LogP contribution < -0.4 is 0 Å². The standard InChI is InChI=1S/C7H11NO7P2.3H2O/c9-7(16(10,11)12,17(13,14)15)4-6-2-1-3-8-5-6;;;/h1-3,5,9H,4H2,(H2,10,11,12)(H2,13,14,15);3*1H2. The van der Waals surface area contributed by atoms with E-state index in [0.717, 1.165) is 6.20 Å². The topological polar surface area (TPSA) is 243 Å². The Morgan fingerprint density at radius 1 is 1.05 bits per heavy atom. The zero-order chi connectivity index (χ0) is 13.3. The summed E-state index contributed by atoms with van der Waals surface area (Å²) in [5.74, 6) is 0. The minimum atomic E-state index is -5.41. The van der Waals surface area contributed by atoms with Gasteiger partial charge in [-0.1, -0.05) is 6.07 Å². The van der Waals surface area contributed by atoms with Crippen LogP contribution in [0.3, 0.4) is 0 Å². The number of aliphatic hydroxyl groups is 1. The van der Waals surface area contributed by atoms with Crippen LogP contribution in [0.2, 0.25) is 0 Å². The van der Waals surface area contributed by atoms with E-state index >= 15 is 0 Å². The van der Waals surface area contributed by atoms with Crippen molar-refractivity contribution in [2.45, 2.75) is 11.5 Å². The van der Waals surface area contributed by atoms with E-state index in [9.17, 15) is 14.2 Å². The summed E-state index contributed by atoms with van der Waals surface area (Å²) in [5, 5.41) is 6.16. The third-order valence-electron chi connectivity index (χ3n) is 2.10. The molecule has 0 saturated heterocycles. The van der Waals surface area contributed by atoms with E-state index < -0.39 is 26.7 Å². The van der Waals surface area contributed by atoms with Crippen LogP contribution in [0.4, 0.5) is 0 Å². The maximum Gasteiger partial charge on any atom is 0.369 e. The van der Waals surface area contributed by atoms with Crippen LogP contribution in [-0.2, 0) is 15.6 Å². The Kier molecular flexibility index (Phi) is 9.62. The van der Waals surface area contributed by atoms with Gasteiger partial charge in [-0.25, -0.2) is 0 Å². The van der Waals surface area contributed by atoms with E-state index in [-0.39, 0.29) is 22.0 Å². The summed E-state index contributed by atoms with van der Waals surface area (Å²) in [6.45, 7) is 0. The Morgan fingerprint density at radius 3 is 1.80 bits per heavy atom. The zero-order valence-electron chi connectivity index (χ0n) is 9.91. The Hall–Kier alpha value is -0.710. The molecule has 0 bridgehead atoms. The van der Waals surface area contributed by atoms with Crippen LogP contribution in [0, 0.1) is 0 Å². The molecule has 0 atom stereocenters. The van der Waals surface area contributed by atoms with Crippen molar-refractivity contribution >= 4 is 15.2 Å². The van der Waals surface area contributed by atoms with E-state index in [1.807, 2.05) is 0 Å². The number of nitrogens with zero attached hydrogens (tertiary/aromatic N) is 1. The van der Waals surface area contributed by atoms with Crippen molar-refractivity contribution < 1.29 is 50.2 Å². The molecule has 0 unspecified atom stereocenters. The lowest BCUT2D eigenvalue weighted by Crippen LogP contribution is -2.31. The van der Waals surface area contributed by atoms with Gasteiger partial charge in [0.05, 0.1) is 0 Å². The van der Waals surface area contributed by atoms with Crippen LogP contribution in [0.25, 0.3) is 0 Å². The average molecular weight is 337 g/mol. The maximum absolute atomic E-state index is 11.0. The summed E-state index contributed by atoms with van der Waals surface area (Å²) in [4.78, 5) is 39.1. The van der Waals surface area contributed by atoms with Gasteiger partial charge in [0.1, 0.15) is 0 Å². The highest BCUT2D eigenvalue weighted by molar-refractivity contribution is 7.72. The van der Waals surface area contributed by atoms with E-state index in [1.165, 1.54) is 18.3 Å². The Morgan fingerprint density at radius 2 is 1.50 bits per heavy atom. The predicted molar refractivity (Wildman–Crippen MR) is 67.8 cm³/mol. The SMILES string of the molecule is O.O.O.O=P(O)(O)C(O)(Cc1cccnc1)P(=O)(O)O. The minimum absolute atomic E-state index is 0. The predicted octanol–water partition coefficient (Wildman–Crippen LogP) is -2.85. The minimum Gasteiger partial charge on any atom is -0.412 e. The molecule has 0 aliphatic carbocycles. The maximum atomic E-state index is 11.0. The fourth-order valence-corrected chi connectivity index (χ4v) is 3.29. The molecule has 0 fully saturated rings. The fourth-order valence-electron chi connectivity index (χ4n) is 1.15. The summed E-state index contributed by atoms with van der Waals surface area (Å²) in [6.07, 6.45) is 1.63. The van der Waals surface area contributed by atoms with Gasteiger partial charge in [-0.05, 0) is 11.6 Å². The van der Waals surface area contributed by atoms with Gasteiger partial charge in [0, 0.05) is 18.8 Å². The summed E-state index contributed by atoms with van der Waals surface area (Å²) in [5.41, 5.74) is 0.0988. The lowest BCUT2D eigenvalue weighted by atomic mass is 10.2. The van der Waals surface area contributed by atoms with Gasteiger partial charge in [0.25, 0.3) is 5.08 Å². The molecule has 0 saturated carbocycles. The molecule has 0 radical (unpaired) electrons. The summed E-state index contributed by atoms with van der Waals surface area (Å²) < 4.78 is 22.1. The molecule has 0 aromatic carbocycles. The molecule has 1 aromatic heterocycles. The lowest BCUT2D eigenvalue weighted by Gasteiger charge is -2.29. The van der Waals surface area contributed by atoms with Crippen molar-refractivity contribution in [1.82, 2.24) is 4.98 Å². The van der Waals surface area contributed by atoms with Crippen LogP contribution in [0.5, 0.6) is 0 Å². The van der Waals surface area contributed by atoms with Crippen LogP contribution in [0.15, 0.2) is 24.5 Å². The molecule has 13 heteroatoms. The van der Waals surface area contributed by atoms with E-state index in [4.69, 9.17) is 19.6 Å². The van der Waals surface area contributed by atoms with Crippen molar-refractivity contribution in [3.05, 3.63) is 30.1 Å². The van der Waals surface area contributed by atoms with Gasteiger partial charge >= 0.3 is 15.2 Å². The first-order valence-corrected chi connectivity index (χ1v) is 7.53. The van der Waals surface area contributed by atoms with Gasteiger partial charge < -0.3 is 41.1 Å². The van der Waals surface area contributed by atoms with Crippen LogP contribution in [-0.4, -0.2) is 51.2 Å². The first-order chi connectivity index (χ1) is 7.58. The van der Waals surface area contributed by atoms with Crippen LogP contribution in [0.1, 0.15) is 5.56 Å². The third kappa shape index (κ3) is 5.00. The van der Waals surface area contributed by atoms with Crippen molar-refractivity contribution in [3.63, 3.8) is 0 Å². The summed E-state index contributed by atoms with van der Waals surface area (Å²) in [7, 11) is -10.8. The Balaban J connectivity index is -0.000000963. The highest BCUT2D eigenvalue weighted by Gasteiger charge is 2.59. The highest BCUT2D eigenvalue weighted by atomic mass is 31.2. The molecule has 120 valence electrons. The first kappa shape index (κ1) is 24.3. The van der Waals surface area contributed by atoms with E-state index in [1.54, 1.807) is 0 Å². The molecular weight excluding hydrogens is 320 g/mol. The van der Waals surface area contributed by atoms with Crippen molar-refractivity contribution in [1.29, 1.82) is 0 Å². The van der Waals surface area contributed by atoms with Crippen LogP contribution >= 0.6 is 15.2 Å². The number of rotatable bonds is 4. The largest absolute Gasteiger partial charge is 0.412 e. The summed E-state index contributed by atoms with van der Waals surface area (Å²) in [6, 6.07) is 2.75. The smallest absolute Gasteiger partial charge is 0.369 e. The molecule has 1 rings (SSSR count). The summed E-state index contributed by atoms with van der Waals surface area (Å²) >= 11 is 0. The Labute approximate surface area is 113 Å². The van der Waals surface area contributed by atoms with Gasteiger partial charge in [0.15, 0.2) is 0 Å². The second-order valence-corrected chi connectivity index (χ2v) is 7.41. The number of hydrogen-bond acceptors (Lipinski definition) is 4.